The van der Waals surface area contributed by atoms with E-state index in [0.717, 1.165) is 48.5 Å². The minimum absolute atomic E-state index is 0. The van der Waals surface area contributed by atoms with Gasteiger partial charge in [0.1, 0.15) is 21.5 Å². The summed E-state index contributed by atoms with van der Waals surface area (Å²) < 4.78 is 136. The summed E-state index contributed by atoms with van der Waals surface area (Å²) >= 11 is 0.0864. The second-order valence-corrected chi connectivity index (χ2v) is 18.6. The average Bonchev–Trinajstić information content (AvgIpc) is 3.15. The number of carbonyl (C=O) groups is 1. The van der Waals surface area contributed by atoms with Crippen LogP contribution in [0.1, 0.15) is 10.4 Å². The molecule has 0 spiro atoms. The quantitative estimate of drug-likeness (QED) is 0.00900. The van der Waals surface area contributed by atoms with Gasteiger partial charge in [0.2, 0.25) is 10.4 Å². The van der Waals surface area contributed by atoms with Crippen molar-refractivity contribution in [1.82, 2.24) is 0 Å². The summed E-state index contributed by atoms with van der Waals surface area (Å²) in [5.74, 6) is -4.49. The predicted molar refractivity (Wildman–Crippen MR) is 187 cm³/mol. The molecule has 0 saturated heterocycles. The number of anilines is 1. The molecule has 0 aliphatic rings. The largest absolute Gasteiger partial charge is 1.00 e. The first kappa shape index (κ1) is 66.6. The van der Waals surface area contributed by atoms with Crippen LogP contribution in [0, 0.1) is 0 Å². The molecule has 0 fully saturated rings. The van der Waals surface area contributed by atoms with Gasteiger partial charge in [-0.05, 0) is 60.0 Å². The normalized spacial score (nSPS) is 11.9. The van der Waals surface area contributed by atoms with Crippen LogP contribution >= 0.6 is 24.4 Å². The number of sulfone groups is 2. The van der Waals surface area contributed by atoms with Crippen LogP contribution in [-0.4, -0.2) is 78.6 Å². The van der Waals surface area contributed by atoms with Gasteiger partial charge in [0.15, 0.2) is 37.7 Å². The third-order valence-corrected chi connectivity index (χ3v) is 12.8. The van der Waals surface area contributed by atoms with E-state index in [1.807, 2.05) is 0 Å². The molecule has 3 N–H and O–H groups in total. The van der Waals surface area contributed by atoms with Gasteiger partial charge in [0, 0.05) is 5.56 Å². The second-order valence-electron chi connectivity index (χ2n) is 10.7. The Labute approximate surface area is 482 Å². The van der Waals surface area contributed by atoms with Crippen molar-refractivity contribution in [2.75, 3.05) is 30.5 Å². The number of azo groups is 2. The predicted octanol–water partition coefficient (Wildman–Crippen LogP) is -14.7. The number of phenolic OH excluding ortho intramolecular Hbond substituents is 1. The van der Waals surface area contributed by atoms with E-state index in [0.29, 0.717) is 6.07 Å². The van der Waals surface area contributed by atoms with E-state index in [4.69, 9.17) is 5.73 Å². The zero-order valence-electron chi connectivity index (χ0n) is 33.5. The van der Waals surface area contributed by atoms with Gasteiger partial charge >= 0.3 is 148 Å². The summed E-state index contributed by atoms with van der Waals surface area (Å²) in [6, 6.07) is 8.17. The minimum atomic E-state index is -5.46. The van der Waals surface area contributed by atoms with Gasteiger partial charge in [0.05, 0.1) is 84.8 Å². The average molecular weight is 1060 g/mol. The second kappa shape index (κ2) is 29.6. The summed E-state index contributed by atoms with van der Waals surface area (Å²) in [5.41, 5.74) is 2.38. The molecule has 26 nitrogen and oxygen atoms in total. The number of carboxylic acids is 1. The van der Waals surface area contributed by atoms with Crippen molar-refractivity contribution >= 4 is 110 Å². The molecule has 64 heavy (non-hydrogen) atoms. The Bertz CT molecular complexity index is 2760. The Kier molecular flexibility index (Phi) is 30.8. The first-order chi connectivity index (χ1) is 27.6. The van der Waals surface area contributed by atoms with Crippen molar-refractivity contribution in [1.29, 1.82) is 0 Å². The van der Waals surface area contributed by atoms with Crippen LogP contribution in [-0.2, 0) is 67.3 Å². The number of benzene rings is 4. The number of nitrogen functional groups attached to an aromatic ring is 1. The summed E-state index contributed by atoms with van der Waals surface area (Å²) in [7, 11) is -19.0. The van der Waals surface area contributed by atoms with Crippen molar-refractivity contribution in [3.8, 4) is 5.75 Å². The summed E-state index contributed by atoms with van der Waals surface area (Å²) in [5, 5.41) is 64.4. The van der Waals surface area contributed by atoms with Crippen molar-refractivity contribution in [2.45, 2.75) is 19.6 Å². The Morgan fingerprint density at radius 2 is 1.28 bits per heavy atom. The Morgan fingerprint density at radius 1 is 0.719 bits per heavy atom. The molecule has 37 heteroatoms. The van der Waals surface area contributed by atoms with E-state index < -0.39 is 125 Å². The summed E-state index contributed by atoms with van der Waals surface area (Å²) in [6.45, 7) is -1.52. The van der Waals surface area contributed by atoms with Gasteiger partial charge in [0.25, 0.3) is 0 Å². The van der Waals surface area contributed by atoms with Gasteiger partial charge in [-0.15, -0.1) is 19.7 Å². The number of hydrogen-bond acceptors (Lipinski definition) is 28. The summed E-state index contributed by atoms with van der Waals surface area (Å²) in [6.07, 6.45) is 0. The molecule has 4 rings (SSSR count). The van der Waals surface area contributed by atoms with Gasteiger partial charge in [-0.2, -0.15) is 9.45 Å². The fraction of sp³-hybridized carbons (Fsp3) is 0.148. The smallest absolute Gasteiger partial charge is 0.744 e. The molecule has 0 atom stereocenters. The molecule has 0 aliphatic heterocycles. The number of hydrogen-bond donors (Lipinski definition) is 2. The third-order valence-electron chi connectivity index (χ3n) is 7.12. The topological polar surface area (TPSA) is 420 Å². The Morgan fingerprint density at radius 3 is 1.84 bits per heavy atom. The molecule has 0 bridgehead atoms. The molecule has 0 radical (unpaired) electrons. The van der Waals surface area contributed by atoms with Crippen LogP contribution in [0.2, 0.25) is 0 Å². The maximum absolute atomic E-state index is 12.9. The number of carboxylic acid groups (broad SMARTS) is 1. The Hall–Kier alpha value is 0.510. The van der Waals surface area contributed by atoms with Crippen LogP contribution in [0.25, 0.3) is 10.8 Å². The van der Waals surface area contributed by atoms with Crippen molar-refractivity contribution in [3.63, 3.8) is 0 Å². The zero-order chi connectivity index (χ0) is 43.8. The van der Waals surface area contributed by atoms with Gasteiger partial charge in [-0.3, -0.25) is 18.4 Å². The van der Waals surface area contributed by atoms with Crippen LogP contribution in [0.5, 0.6) is 5.75 Å². The SMILES string of the molecule is Nc1c(N=Nc2ccc(S(=O)(=O)CCOS(=O)(=O)[O-])cc2)c(S(=O)(=O)[O-])cc2cc(SOO[O-])c(N=Nc3cc(S(=O)(=O)CCOSOO[O-])ccc3C(=O)[O-])c(O)c12.[Na+].[Na+].[Na+].[Na+].[Na+]. The van der Waals surface area contributed by atoms with Crippen molar-refractivity contribution < 1.29 is 243 Å². The standard InChI is InChI=1S/C27H25N5O21S6.5Na/c28-23-22-14(12-21(58(42,43)44)25(23)32-29-15-1-3-16(4-2-15)56(38,39)10-8-49-59(45,46)47)11-20(54-52-50-36)24(26(22)33)31-30-19-13-17(5-6-18(19)27(34)35)57(40,41)9-7-48-55-53-51-37;;;;;/h1-6,11-13,33,36-37H,7-10,28H2,(H,34,35)(H,42,43,44)(H,45,46,47);;;;;/q;5*+1/p-5. The van der Waals surface area contributed by atoms with Crippen molar-refractivity contribution in [2.24, 2.45) is 20.5 Å². The molecule has 320 valence electrons. The van der Waals surface area contributed by atoms with Gasteiger partial charge < -0.3 is 40.4 Å². The number of phenols is 1. The zero-order valence-corrected chi connectivity index (χ0v) is 48.4. The molecular weight excluding hydrogens is 1040 g/mol. The molecule has 4 aromatic carbocycles. The van der Waals surface area contributed by atoms with Crippen molar-refractivity contribution in [3.05, 3.63) is 60.2 Å². The fourth-order valence-corrected chi connectivity index (χ4v) is 8.66. The van der Waals surface area contributed by atoms with Crippen LogP contribution in [0.3, 0.4) is 0 Å². The van der Waals surface area contributed by atoms with E-state index in [1.54, 1.807) is 0 Å². The van der Waals surface area contributed by atoms with E-state index in [9.17, 15) is 68.3 Å². The van der Waals surface area contributed by atoms with Gasteiger partial charge in [-0.1, -0.05) is 0 Å². The van der Waals surface area contributed by atoms with E-state index >= 15 is 0 Å². The minimum Gasteiger partial charge on any atom is -0.744 e. The third kappa shape index (κ3) is 19.0. The number of nitrogens with zero attached hydrogens (tertiary/aromatic N) is 4. The molecule has 0 aliphatic carbocycles. The fourth-order valence-electron chi connectivity index (χ4n) is 4.60. The molecule has 0 amide bonds. The first-order valence-electron chi connectivity index (χ1n) is 14.9. The first-order valence-corrected chi connectivity index (χ1v) is 22.4. The molecule has 0 heterocycles. The van der Waals surface area contributed by atoms with Crippen LogP contribution in [0.4, 0.5) is 28.4 Å². The molecule has 0 saturated carbocycles. The molecule has 0 aromatic heterocycles. The molecule has 4 aromatic rings. The van der Waals surface area contributed by atoms with E-state index in [-0.39, 0.29) is 188 Å². The number of nitrogens with two attached hydrogens (primary N) is 1. The van der Waals surface area contributed by atoms with Gasteiger partial charge in [-0.25, -0.2) is 33.7 Å². The number of carbonyl (C=O) groups excluding carboxylic acids is 1. The van der Waals surface area contributed by atoms with Crippen LogP contribution < -0.4 is 169 Å². The van der Waals surface area contributed by atoms with E-state index in [2.05, 4.69) is 47.6 Å². The number of aromatic carboxylic acids is 1. The Balaban J connectivity index is 0. The maximum atomic E-state index is 12.9. The van der Waals surface area contributed by atoms with Crippen LogP contribution in [0.15, 0.2) is 94.6 Å². The summed E-state index contributed by atoms with van der Waals surface area (Å²) in [4.78, 5) is 9.46. The molecule has 0 unspecified atom stereocenters. The molecular formula is C27H20N5Na5O21S6. The maximum Gasteiger partial charge on any atom is 1.00 e. The number of aromatic hydroxyl groups is 1. The number of rotatable bonds is 21. The monoisotopic (exact) mass is 1060 g/mol. The van der Waals surface area contributed by atoms with E-state index in [1.165, 1.54) is 0 Å². The number of fused-ring (bicyclic) bond motifs is 1.